The van der Waals surface area contributed by atoms with E-state index < -0.39 is 0 Å². The summed E-state index contributed by atoms with van der Waals surface area (Å²) in [5, 5.41) is 13.2. The molecule has 0 atom stereocenters. The summed E-state index contributed by atoms with van der Waals surface area (Å²) in [6.07, 6.45) is 2.47. The Hall–Kier alpha value is -3.26. The highest BCUT2D eigenvalue weighted by Crippen LogP contribution is 2.20. The third-order valence-electron chi connectivity index (χ3n) is 4.84. The molecule has 0 aliphatic carbocycles. The number of ketones is 1. The van der Waals surface area contributed by atoms with Crippen molar-refractivity contribution in [2.45, 2.75) is 26.8 Å². The highest BCUT2D eigenvalue weighted by Gasteiger charge is 2.16. The predicted molar refractivity (Wildman–Crippen MR) is 111 cm³/mol. The molecule has 0 amide bonds. The van der Waals surface area contributed by atoms with Crippen LogP contribution in [0.1, 0.15) is 26.6 Å². The monoisotopic (exact) mass is 407 g/mol. The number of hydrogen-bond donors (Lipinski definition) is 0. The number of tetrazole rings is 1. The fourth-order valence-corrected chi connectivity index (χ4v) is 4.02. The van der Waals surface area contributed by atoms with Crippen molar-refractivity contribution >= 4 is 17.1 Å². The maximum atomic E-state index is 12.8. The summed E-state index contributed by atoms with van der Waals surface area (Å²) in [4.78, 5) is 14.1. The van der Waals surface area contributed by atoms with Gasteiger partial charge in [0.2, 0.25) is 5.78 Å². The lowest BCUT2D eigenvalue weighted by atomic mass is 10.1. The van der Waals surface area contributed by atoms with Crippen LogP contribution in [-0.2, 0) is 13.0 Å². The lowest BCUT2D eigenvalue weighted by Crippen LogP contribution is -2.13. The number of ether oxygens (including phenoxy) is 1. The van der Waals surface area contributed by atoms with Gasteiger partial charge in [-0.15, -0.1) is 16.4 Å². The van der Waals surface area contributed by atoms with Gasteiger partial charge in [-0.2, -0.15) is 0 Å². The molecule has 0 saturated heterocycles. The van der Waals surface area contributed by atoms with Gasteiger partial charge in [0, 0.05) is 34.4 Å². The van der Waals surface area contributed by atoms with Gasteiger partial charge in [0.25, 0.3) is 0 Å². The van der Waals surface area contributed by atoms with Crippen molar-refractivity contribution in [3.05, 3.63) is 76.0 Å². The van der Waals surface area contributed by atoms with Gasteiger partial charge in [-0.3, -0.25) is 4.79 Å². The summed E-state index contributed by atoms with van der Waals surface area (Å²) < 4.78 is 9.48. The number of benzene rings is 1. The van der Waals surface area contributed by atoms with Gasteiger partial charge in [-0.25, -0.2) is 4.68 Å². The minimum Gasteiger partial charge on any atom is -0.485 e. The van der Waals surface area contributed by atoms with Crippen LogP contribution in [0.4, 0.5) is 0 Å². The second-order valence-electron chi connectivity index (χ2n) is 6.73. The van der Waals surface area contributed by atoms with Crippen LogP contribution in [0.2, 0.25) is 0 Å². The normalized spacial score (nSPS) is 11.0. The fourth-order valence-electron chi connectivity index (χ4n) is 3.33. The van der Waals surface area contributed by atoms with E-state index in [-0.39, 0.29) is 12.4 Å². The van der Waals surface area contributed by atoms with Gasteiger partial charge in [-0.1, -0.05) is 12.1 Å². The molecule has 0 fully saturated rings. The van der Waals surface area contributed by atoms with Crippen molar-refractivity contribution < 1.29 is 9.53 Å². The maximum absolute atomic E-state index is 12.8. The molecule has 8 heteroatoms. The molecular weight excluding hydrogens is 386 g/mol. The first-order chi connectivity index (χ1) is 14.1. The van der Waals surface area contributed by atoms with Crippen LogP contribution in [0.15, 0.2) is 54.2 Å². The summed E-state index contributed by atoms with van der Waals surface area (Å²) in [7, 11) is 0. The number of hydrogen-bond acceptors (Lipinski definition) is 6. The number of nitrogens with zero attached hydrogens (tertiary/aromatic N) is 5. The first kappa shape index (κ1) is 19.1. The molecule has 0 aliphatic heterocycles. The van der Waals surface area contributed by atoms with E-state index in [1.54, 1.807) is 17.4 Å². The number of thiophene rings is 1. The Morgan fingerprint density at radius 2 is 2.07 bits per heavy atom. The van der Waals surface area contributed by atoms with Crippen molar-refractivity contribution in [3.8, 4) is 11.4 Å². The number of aromatic nitrogens is 5. The molecule has 3 aromatic heterocycles. The van der Waals surface area contributed by atoms with E-state index in [2.05, 4.69) is 37.6 Å². The molecular formula is C21H21N5O2S. The molecule has 4 aromatic rings. The highest BCUT2D eigenvalue weighted by atomic mass is 32.1. The first-order valence-corrected chi connectivity index (χ1v) is 10.2. The molecule has 0 N–H and O–H groups in total. The van der Waals surface area contributed by atoms with Gasteiger partial charge in [0.1, 0.15) is 12.1 Å². The Morgan fingerprint density at radius 1 is 1.17 bits per heavy atom. The molecule has 148 valence electrons. The van der Waals surface area contributed by atoms with Gasteiger partial charge in [0.15, 0.2) is 6.61 Å². The van der Waals surface area contributed by atoms with E-state index >= 15 is 0 Å². The van der Waals surface area contributed by atoms with E-state index in [0.717, 1.165) is 30.0 Å². The number of aryl methyl sites for hydroxylation is 2. The van der Waals surface area contributed by atoms with Crippen molar-refractivity contribution in [3.63, 3.8) is 0 Å². The van der Waals surface area contributed by atoms with Gasteiger partial charge in [0.05, 0.1) is 5.69 Å². The molecule has 29 heavy (non-hydrogen) atoms. The molecule has 0 bridgehead atoms. The average Bonchev–Trinajstić information content (AvgIpc) is 3.48. The zero-order valence-corrected chi connectivity index (χ0v) is 17.1. The fraction of sp³-hybridized carbons (Fsp3) is 0.238. The molecule has 0 unspecified atom stereocenters. The molecule has 3 heterocycles. The molecule has 0 aliphatic rings. The van der Waals surface area contributed by atoms with Crippen LogP contribution in [0, 0.1) is 13.8 Å². The second kappa shape index (κ2) is 8.40. The largest absolute Gasteiger partial charge is 0.485 e. The molecule has 0 spiro atoms. The van der Waals surface area contributed by atoms with Gasteiger partial charge >= 0.3 is 0 Å². The van der Waals surface area contributed by atoms with E-state index in [4.69, 9.17) is 4.74 Å². The number of rotatable bonds is 8. The summed E-state index contributed by atoms with van der Waals surface area (Å²) >= 11 is 1.76. The SMILES string of the molecule is Cc1cc(C(=O)COc2cccc(-n3cnnn3)c2)c(C)n1CCc1cccs1. The van der Waals surface area contributed by atoms with Crippen molar-refractivity contribution in [1.29, 1.82) is 0 Å². The van der Waals surface area contributed by atoms with Crippen LogP contribution >= 0.6 is 11.3 Å². The third-order valence-corrected chi connectivity index (χ3v) is 5.77. The van der Waals surface area contributed by atoms with Crippen LogP contribution in [0.5, 0.6) is 5.75 Å². The molecule has 7 nitrogen and oxygen atoms in total. The quantitative estimate of drug-likeness (QED) is 0.417. The van der Waals surface area contributed by atoms with Crippen LogP contribution in [0.25, 0.3) is 5.69 Å². The zero-order valence-electron chi connectivity index (χ0n) is 16.3. The smallest absolute Gasteiger partial charge is 0.202 e. The third kappa shape index (κ3) is 4.27. The zero-order chi connectivity index (χ0) is 20.2. The van der Waals surface area contributed by atoms with E-state index in [1.165, 1.54) is 15.9 Å². The average molecular weight is 407 g/mol. The topological polar surface area (TPSA) is 74.8 Å². The maximum Gasteiger partial charge on any atom is 0.202 e. The summed E-state index contributed by atoms with van der Waals surface area (Å²) in [5.41, 5.74) is 3.55. The Kier molecular flexibility index (Phi) is 5.53. The second-order valence-corrected chi connectivity index (χ2v) is 7.76. The van der Waals surface area contributed by atoms with Crippen molar-refractivity contribution in [2.75, 3.05) is 6.61 Å². The Bertz CT molecular complexity index is 1100. The lowest BCUT2D eigenvalue weighted by Gasteiger charge is -2.10. The molecule has 0 saturated carbocycles. The lowest BCUT2D eigenvalue weighted by molar-refractivity contribution is 0.0920. The van der Waals surface area contributed by atoms with Crippen molar-refractivity contribution in [1.82, 2.24) is 24.8 Å². The molecule has 1 aromatic carbocycles. The predicted octanol–water partition coefficient (Wildman–Crippen LogP) is 3.65. The molecule has 0 radical (unpaired) electrons. The van der Waals surface area contributed by atoms with Gasteiger partial charge in [-0.05, 0) is 60.3 Å². The van der Waals surface area contributed by atoms with E-state index in [1.807, 2.05) is 38.1 Å². The summed E-state index contributed by atoms with van der Waals surface area (Å²) in [5.74, 6) is 0.561. The highest BCUT2D eigenvalue weighted by molar-refractivity contribution is 7.09. The minimum atomic E-state index is -0.0340. The van der Waals surface area contributed by atoms with Crippen LogP contribution < -0.4 is 4.74 Å². The summed E-state index contributed by atoms with van der Waals surface area (Å²) in [6.45, 7) is 4.87. The molecule has 4 rings (SSSR count). The first-order valence-electron chi connectivity index (χ1n) is 9.30. The van der Waals surface area contributed by atoms with E-state index in [9.17, 15) is 4.79 Å². The van der Waals surface area contributed by atoms with E-state index in [0.29, 0.717) is 11.3 Å². The Balaban J connectivity index is 1.42. The number of carbonyl (C=O) groups is 1. The Morgan fingerprint density at radius 3 is 2.83 bits per heavy atom. The standard InChI is InChI=1S/C21H21N5O2S/c1-15-11-20(16(2)25(15)9-8-19-7-4-10-29-19)21(27)13-28-18-6-3-5-17(12-18)26-14-22-23-24-26/h3-7,10-12,14H,8-9,13H2,1-2H3. The summed E-state index contributed by atoms with van der Waals surface area (Å²) in [6, 6.07) is 13.5. The van der Waals surface area contributed by atoms with Gasteiger partial charge < -0.3 is 9.30 Å². The minimum absolute atomic E-state index is 0.0196. The number of Topliss-reactive ketones (excluding diaryl/α,β-unsaturated/α-hetero) is 1. The van der Waals surface area contributed by atoms with Crippen LogP contribution in [-0.4, -0.2) is 37.2 Å². The van der Waals surface area contributed by atoms with Crippen LogP contribution in [0.3, 0.4) is 0 Å². The Labute approximate surface area is 172 Å². The van der Waals surface area contributed by atoms with Crippen molar-refractivity contribution in [2.24, 2.45) is 0 Å². The number of carbonyl (C=O) groups excluding carboxylic acids is 1.